The van der Waals surface area contributed by atoms with Gasteiger partial charge in [-0.2, -0.15) is 13.2 Å². The predicted octanol–water partition coefficient (Wildman–Crippen LogP) is 5.34. The van der Waals surface area contributed by atoms with E-state index in [4.69, 9.17) is 10.5 Å². The number of aromatic nitrogens is 2. The van der Waals surface area contributed by atoms with Crippen molar-refractivity contribution >= 4 is 11.3 Å². The Morgan fingerprint density at radius 3 is 2.48 bits per heavy atom. The zero-order valence-electron chi connectivity index (χ0n) is 16.7. The molecule has 3 N–H and O–H groups in total. The van der Waals surface area contributed by atoms with Crippen molar-refractivity contribution in [3.63, 3.8) is 0 Å². The monoisotopic (exact) mass is 431 g/mol. The maximum Gasteiger partial charge on any atom is 0.419 e. The number of hydrogen-bond donors (Lipinski definition) is 2. The number of aliphatic hydroxyl groups excluding tert-OH is 1. The van der Waals surface area contributed by atoms with Gasteiger partial charge in [-0.15, -0.1) is 10.2 Å². The van der Waals surface area contributed by atoms with Gasteiger partial charge in [0.1, 0.15) is 22.0 Å². The molecule has 2 aromatic rings. The minimum atomic E-state index is -4.54. The Balaban J connectivity index is 2.09. The van der Waals surface area contributed by atoms with Gasteiger partial charge in [0.2, 0.25) is 0 Å². The fourth-order valence-corrected chi connectivity index (χ4v) is 3.69. The minimum Gasteiger partial charge on any atom is -0.493 e. The second kappa shape index (κ2) is 10.9. The van der Waals surface area contributed by atoms with E-state index in [1.807, 2.05) is 0 Å². The first kappa shape index (κ1) is 23.6. The van der Waals surface area contributed by atoms with E-state index >= 15 is 0 Å². The molecule has 0 aliphatic rings. The number of ether oxygens (including phenoxy) is 1. The Morgan fingerprint density at radius 1 is 1.14 bits per heavy atom. The van der Waals surface area contributed by atoms with E-state index in [9.17, 15) is 18.3 Å². The van der Waals surface area contributed by atoms with Crippen molar-refractivity contribution in [2.75, 3.05) is 6.61 Å². The van der Waals surface area contributed by atoms with Crippen molar-refractivity contribution in [3.8, 4) is 16.3 Å². The molecule has 0 aliphatic heterocycles. The lowest BCUT2D eigenvalue weighted by Crippen LogP contribution is -2.25. The third-order valence-corrected chi connectivity index (χ3v) is 5.80. The number of halogens is 3. The molecule has 5 nitrogen and oxygen atoms in total. The van der Waals surface area contributed by atoms with E-state index in [0.717, 1.165) is 49.5 Å². The van der Waals surface area contributed by atoms with Crippen molar-refractivity contribution in [3.05, 3.63) is 28.8 Å². The molecule has 0 saturated heterocycles. The zero-order chi connectivity index (χ0) is 21.4. The quantitative estimate of drug-likeness (QED) is 0.371. The highest BCUT2D eigenvalue weighted by atomic mass is 32.1. The van der Waals surface area contributed by atoms with Crippen LogP contribution in [-0.4, -0.2) is 28.1 Å². The highest BCUT2D eigenvalue weighted by Gasteiger charge is 2.35. The molecule has 1 heterocycles. The number of unbranched alkanes of at least 4 members (excludes halogenated alkanes) is 5. The van der Waals surface area contributed by atoms with Crippen molar-refractivity contribution in [1.29, 1.82) is 0 Å². The first-order valence-corrected chi connectivity index (χ1v) is 10.7. The number of alkyl halides is 3. The maximum absolute atomic E-state index is 13.5. The van der Waals surface area contributed by atoms with E-state index in [0.29, 0.717) is 15.6 Å². The number of nitrogens with two attached hydrogens (primary N) is 1. The first-order valence-electron chi connectivity index (χ1n) is 9.85. The highest BCUT2D eigenvalue weighted by molar-refractivity contribution is 7.14. The number of hydrogen-bond acceptors (Lipinski definition) is 6. The Morgan fingerprint density at radius 2 is 1.83 bits per heavy atom. The molecular weight excluding hydrogens is 403 g/mol. The van der Waals surface area contributed by atoms with Crippen LogP contribution in [0.2, 0.25) is 0 Å². The summed E-state index contributed by atoms with van der Waals surface area (Å²) in [5.41, 5.74) is 4.91. The summed E-state index contributed by atoms with van der Waals surface area (Å²) >= 11 is 1.11. The van der Waals surface area contributed by atoms with Crippen LogP contribution in [0.15, 0.2) is 18.2 Å². The van der Waals surface area contributed by atoms with Crippen molar-refractivity contribution in [2.24, 2.45) is 5.73 Å². The molecule has 1 aromatic heterocycles. The number of aliphatic hydroxyl groups is 1. The first-order chi connectivity index (χ1) is 13.7. The van der Waals surface area contributed by atoms with Crippen LogP contribution in [-0.2, 0) is 6.18 Å². The molecule has 9 heteroatoms. The lowest BCUT2D eigenvalue weighted by molar-refractivity contribution is -0.138. The van der Waals surface area contributed by atoms with Crippen LogP contribution in [0, 0.1) is 0 Å². The molecule has 1 aromatic carbocycles. The van der Waals surface area contributed by atoms with E-state index in [-0.39, 0.29) is 12.4 Å². The van der Waals surface area contributed by atoms with Gasteiger partial charge in [-0.1, -0.05) is 57.3 Å². The van der Waals surface area contributed by atoms with Gasteiger partial charge in [0.25, 0.3) is 0 Å². The molecule has 29 heavy (non-hydrogen) atoms. The summed E-state index contributed by atoms with van der Waals surface area (Å²) in [7, 11) is 0. The molecule has 2 rings (SSSR count). The molecule has 0 amide bonds. The van der Waals surface area contributed by atoms with Crippen LogP contribution in [0.5, 0.6) is 5.75 Å². The molecule has 0 aliphatic carbocycles. The van der Waals surface area contributed by atoms with Crippen LogP contribution in [0.4, 0.5) is 13.2 Å². The Labute approximate surface area is 173 Å². The minimum absolute atomic E-state index is 0.176. The zero-order valence-corrected chi connectivity index (χ0v) is 17.5. The summed E-state index contributed by atoms with van der Waals surface area (Å²) in [4.78, 5) is 0. The molecule has 0 radical (unpaired) electrons. The van der Waals surface area contributed by atoms with Gasteiger partial charge in [0.05, 0.1) is 12.2 Å². The van der Waals surface area contributed by atoms with Crippen molar-refractivity contribution < 1.29 is 23.0 Å². The number of nitrogens with zero attached hydrogens (tertiary/aromatic N) is 2. The van der Waals surface area contributed by atoms with E-state index < -0.39 is 23.9 Å². The predicted molar refractivity (Wildman–Crippen MR) is 108 cm³/mol. The van der Waals surface area contributed by atoms with Crippen LogP contribution in [0.3, 0.4) is 0 Å². The van der Waals surface area contributed by atoms with Gasteiger partial charge in [-0.05, 0) is 24.6 Å². The summed E-state index contributed by atoms with van der Waals surface area (Å²) in [6.45, 7) is 4.06. The molecule has 0 bridgehead atoms. The van der Waals surface area contributed by atoms with Gasteiger partial charge < -0.3 is 15.6 Å². The summed E-state index contributed by atoms with van der Waals surface area (Å²) in [6.07, 6.45) is 0.552. The Hall–Kier alpha value is -1.71. The lowest BCUT2D eigenvalue weighted by Gasteiger charge is -2.15. The van der Waals surface area contributed by atoms with E-state index in [2.05, 4.69) is 17.1 Å². The Kier molecular flexibility index (Phi) is 8.85. The van der Waals surface area contributed by atoms with E-state index in [1.165, 1.54) is 12.5 Å². The fourth-order valence-electron chi connectivity index (χ4n) is 2.76. The lowest BCUT2D eigenvalue weighted by atomic mass is 10.1. The second-order valence-corrected chi connectivity index (χ2v) is 8.06. The third kappa shape index (κ3) is 6.94. The summed E-state index contributed by atoms with van der Waals surface area (Å²) in [5.74, 6) is -0.631. The maximum atomic E-state index is 13.5. The molecule has 2 unspecified atom stereocenters. The molecule has 2 atom stereocenters. The second-order valence-electron chi connectivity index (χ2n) is 7.05. The van der Waals surface area contributed by atoms with Gasteiger partial charge >= 0.3 is 6.18 Å². The van der Waals surface area contributed by atoms with Crippen LogP contribution < -0.4 is 10.5 Å². The van der Waals surface area contributed by atoms with Crippen LogP contribution in [0.25, 0.3) is 10.6 Å². The van der Waals surface area contributed by atoms with Crippen LogP contribution >= 0.6 is 11.3 Å². The molecular formula is C20H28F3N3O2S. The standard InChI is InChI=1S/C20H28F3N3O2S/c1-3-4-5-6-7-8-11-28-16-10-9-14(12-15(16)20(21,22)23)19-26-25-18(29-19)13(2)17(24)27/h9-10,12-13,17,27H,3-8,11,24H2,1-2H3. The summed E-state index contributed by atoms with van der Waals surface area (Å²) < 4.78 is 46.0. The molecule has 0 spiro atoms. The molecule has 0 saturated carbocycles. The average Bonchev–Trinajstić information content (AvgIpc) is 3.16. The average molecular weight is 432 g/mol. The number of benzene rings is 1. The SMILES string of the molecule is CCCCCCCCOc1ccc(-c2nnc(C(C)C(N)O)s2)cc1C(F)(F)F. The van der Waals surface area contributed by atoms with Gasteiger partial charge in [0, 0.05) is 11.5 Å². The molecule has 162 valence electrons. The fraction of sp³-hybridized carbons (Fsp3) is 0.600. The molecule has 0 fully saturated rings. The van der Waals surface area contributed by atoms with Crippen molar-refractivity contribution in [1.82, 2.24) is 10.2 Å². The third-order valence-electron chi connectivity index (χ3n) is 4.63. The largest absolute Gasteiger partial charge is 0.493 e. The van der Waals surface area contributed by atoms with Crippen LogP contribution in [0.1, 0.15) is 68.9 Å². The smallest absolute Gasteiger partial charge is 0.419 e. The Bertz CT molecular complexity index is 766. The van der Waals surface area contributed by atoms with Gasteiger partial charge in [-0.3, -0.25) is 0 Å². The van der Waals surface area contributed by atoms with Gasteiger partial charge in [-0.25, -0.2) is 0 Å². The topological polar surface area (TPSA) is 81.3 Å². The summed E-state index contributed by atoms with van der Waals surface area (Å²) in [5, 5.41) is 18.1. The van der Waals surface area contributed by atoms with Gasteiger partial charge in [0.15, 0.2) is 0 Å². The van der Waals surface area contributed by atoms with E-state index in [1.54, 1.807) is 13.0 Å². The summed E-state index contributed by atoms with van der Waals surface area (Å²) in [6, 6.07) is 3.90. The highest BCUT2D eigenvalue weighted by Crippen LogP contribution is 2.39. The normalized spacial score (nSPS) is 14.0. The number of rotatable bonds is 11. The van der Waals surface area contributed by atoms with Crippen molar-refractivity contribution in [2.45, 2.75) is 70.7 Å².